The minimum absolute atomic E-state index is 0.0937. The molecule has 0 spiro atoms. The van der Waals surface area contributed by atoms with Gasteiger partial charge in [-0.25, -0.2) is 9.69 Å². The Kier molecular flexibility index (Phi) is 4.94. The van der Waals surface area contributed by atoms with E-state index in [0.29, 0.717) is 0 Å². The van der Waals surface area contributed by atoms with Gasteiger partial charge >= 0.3 is 6.09 Å². The number of hydrogen-bond acceptors (Lipinski definition) is 3. The lowest BCUT2D eigenvalue weighted by Gasteiger charge is -2.33. The molecule has 0 saturated carbocycles. The Morgan fingerprint density at radius 1 is 1.00 bits per heavy atom. The fraction of sp³-hybridized carbons (Fsp3) is 0.273. The topological polar surface area (TPSA) is 46.6 Å². The normalized spacial score (nSPS) is 17.7. The van der Waals surface area contributed by atoms with Crippen molar-refractivity contribution in [3.05, 3.63) is 77.9 Å². The summed E-state index contributed by atoms with van der Waals surface area (Å²) >= 11 is 0. The summed E-state index contributed by atoms with van der Waals surface area (Å²) in [6, 6.07) is 19.7. The van der Waals surface area contributed by atoms with Crippen LogP contribution in [0.15, 0.2) is 66.7 Å². The molecule has 0 bridgehead atoms. The first-order valence-corrected chi connectivity index (χ1v) is 8.71. The maximum absolute atomic E-state index is 12.6. The van der Waals surface area contributed by atoms with E-state index in [1.165, 1.54) is 4.90 Å². The van der Waals surface area contributed by atoms with Crippen molar-refractivity contribution in [2.45, 2.75) is 32.3 Å². The molecule has 4 heteroatoms. The molecule has 134 valence electrons. The average Bonchev–Trinajstić information content (AvgIpc) is 2.61. The summed E-state index contributed by atoms with van der Waals surface area (Å²) in [6.45, 7) is 5.64. The van der Waals surface area contributed by atoms with Crippen molar-refractivity contribution in [3.63, 3.8) is 0 Å². The van der Waals surface area contributed by atoms with Crippen LogP contribution in [-0.2, 0) is 9.53 Å². The zero-order valence-electron chi connectivity index (χ0n) is 15.3. The van der Waals surface area contributed by atoms with Crippen molar-refractivity contribution in [3.8, 4) is 0 Å². The molecule has 1 atom stereocenters. The van der Waals surface area contributed by atoms with Gasteiger partial charge in [0.05, 0.1) is 0 Å². The molecule has 0 fully saturated rings. The monoisotopic (exact) mass is 349 g/mol. The number of ether oxygens (including phenoxy) is 1. The highest BCUT2D eigenvalue weighted by atomic mass is 16.6. The Morgan fingerprint density at radius 3 is 2.15 bits per heavy atom. The van der Waals surface area contributed by atoms with E-state index in [1.54, 1.807) is 26.8 Å². The van der Waals surface area contributed by atoms with Crippen LogP contribution < -0.4 is 0 Å². The average molecular weight is 349 g/mol. The molecule has 2 amide bonds. The minimum Gasteiger partial charge on any atom is -0.443 e. The molecule has 1 aliphatic heterocycles. The summed E-state index contributed by atoms with van der Waals surface area (Å²) in [4.78, 5) is 26.3. The molecule has 4 nitrogen and oxygen atoms in total. The molecule has 0 unspecified atom stereocenters. The third-order valence-corrected chi connectivity index (χ3v) is 4.21. The number of imide groups is 1. The molecule has 1 heterocycles. The zero-order valence-corrected chi connectivity index (χ0v) is 15.3. The van der Waals surface area contributed by atoms with Gasteiger partial charge < -0.3 is 4.74 Å². The molecule has 3 rings (SSSR count). The molecule has 26 heavy (non-hydrogen) atoms. The van der Waals surface area contributed by atoms with Gasteiger partial charge in [0.1, 0.15) is 5.60 Å². The van der Waals surface area contributed by atoms with E-state index < -0.39 is 11.7 Å². The fourth-order valence-corrected chi connectivity index (χ4v) is 3.05. The number of hydrogen-bond donors (Lipinski definition) is 0. The lowest BCUT2D eigenvalue weighted by molar-refractivity contribution is -0.125. The molecule has 0 aromatic heterocycles. The first-order valence-electron chi connectivity index (χ1n) is 8.71. The van der Waals surface area contributed by atoms with Gasteiger partial charge in [-0.15, -0.1) is 0 Å². The van der Waals surface area contributed by atoms with Gasteiger partial charge in [-0.3, -0.25) is 4.79 Å². The Hall–Kier alpha value is -2.88. The van der Waals surface area contributed by atoms with E-state index in [-0.39, 0.29) is 18.4 Å². The molecular weight excluding hydrogens is 326 g/mol. The summed E-state index contributed by atoms with van der Waals surface area (Å²) < 4.78 is 5.41. The van der Waals surface area contributed by atoms with Gasteiger partial charge in [0.15, 0.2) is 0 Å². The predicted octanol–water partition coefficient (Wildman–Crippen LogP) is 4.63. The Balaban J connectivity index is 1.99. The first kappa shape index (κ1) is 17.9. The SMILES string of the molecule is CC(C)(C)OC(=O)N1C[C@@H](c2ccccc2)C(c2ccccc2)=CC1=O. The molecular formula is C22H23NO3. The van der Waals surface area contributed by atoms with Crippen LogP contribution in [0.1, 0.15) is 37.8 Å². The maximum Gasteiger partial charge on any atom is 0.417 e. The molecule has 2 aromatic carbocycles. The van der Waals surface area contributed by atoms with E-state index >= 15 is 0 Å². The van der Waals surface area contributed by atoms with Crippen LogP contribution in [0.2, 0.25) is 0 Å². The van der Waals surface area contributed by atoms with Gasteiger partial charge in [0.25, 0.3) is 5.91 Å². The van der Waals surface area contributed by atoms with Crippen molar-refractivity contribution in [1.82, 2.24) is 4.90 Å². The van der Waals surface area contributed by atoms with E-state index in [0.717, 1.165) is 16.7 Å². The third-order valence-electron chi connectivity index (χ3n) is 4.21. The Morgan fingerprint density at radius 2 is 1.58 bits per heavy atom. The second-order valence-corrected chi connectivity index (χ2v) is 7.36. The van der Waals surface area contributed by atoms with Crippen LogP contribution in [0.4, 0.5) is 4.79 Å². The molecule has 2 aromatic rings. The number of nitrogens with zero attached hydrogens (tertiary/aromatic N) is 1. The first-order chi connectivity index (χ1) is 12.3. The lowest BCUT2D eigenvalue weighted by Crippen LogP contribution is -2.44. The van der Waals surface area contributed by atoms with Gasteiger partial charge in [-0.2, -0.15) is 0 Å². The summed E-state index contributed by atoms with van der Waals surface area (Å²) in [6.07, 6.45) is 0.951. The second kappa shape index (κ2) is 7.16. The van der Waals surface area contributed by atoms with E-state index in [4.69, 9.17) is 4.74 Å². The van der Waals surface area contributed by atoms with E-state index in [2.05, 4.69) is 0 Å². The summed E-state index contributed by atoms with van der Waals surface area (Å²) in [5, 5.41) is 0. The van der Waals surface area contributed by atoms with E-state index in [9.17, 15) is 9.59 Å². The summed E-state index contributed by atoms with van der Waals surface area (Å²) in [5.41, 5.74) is 2.31. The number of benzene rings is 2. The molecule has 0 saturated heterocycles. The van der Waals surface area contributed by atoms with Crippen molar-refractivity contribution in [1.29, 1.82) is 0 Å². The number of carbonyl (C=O) groups is 2. The molecule has 0 radical (unpaired) electrons. The van der Waals surface area contributed by atoms with Gasteiger partial charge in [-0.05, 0) is 37.5 Å². The smallest absolute Gasteiger partial charge is 0.417 e. The summed E-state index contributed by atoms with van der Waals surface area (Å²) in [7, 11) is 0. The molecule has 0 N–H and O–H groups in total. The quantitative estimate of drug-likeness (QED) is 0.794. The number of carbonyl (C=O) groups excluding carboxylic acids is 2. The van der Waals surface area contributed by atoms with Gasteiger partial charge in [0.2, 0.25) is 0 Å². The highest BCUT2D eigenvalue weighted by Gasteiger charge is 2.35. The summed E-state index contributed by atoms with van der Waals surface area (Å²) in [5.74, 6) is -0.436. The van der Waals surface area contributed by atoms with Crippen LogP contribution in [0.5, 0.6) is 0 Å². The zero-order chi connectivity index (χ0) is 18.7. The highest BCUT2D eigenvalue weighted by Crippen LogP contribution is 2.36. The maximum atomic E-state index is 12.6. The number of amides is 2. The van der Waals surface area contributed by atoms with Crippen LogP contribution in [0.25, 0.3) is 5.57 Å². The van der Waals surface area contributed by atoms with Crippen molar-refractivity contribution < 1.29 is 14.3 Å². The van der Waals surface area contributed by atoms with Crippen LogP contribution in [0.3, 0.4) is 0 Å². The van der Waals surface area contributed by atoms with Crippen LogP contribution in [-0.4, -0.2) is 29.0 Å². The standard InChI is InChI=1S/C22H23NO3/c1-22(2,3)26-21(25)23-15-19(17-12-8-5-9-13-17)18(14-20(23)24)16-10-6-4-7-11-16/h4-14,19H,15H2,1-3H3/t19-/m0/s1. The van der Waals surface area contributed by atoms with Crippen molar-refractivity contribution >= 4 is 17.6 Å². The highest BCUT2D eigenvalue weighted by molar-refractivity contribution is 6.05. The van der Waals surface area contributed by atoms with Crippen molar-refractivity contribution in [2.24, 2.45) is 0 Å². The van der Waals surface area contributed by atoms with Crippen LogP contribution in [0, 0.1) is 0 Å². The van der Waals surface area contributed by atoms with Gasteiger partial charge in [-0.1, -0.05) is 60.7 Å². The van der Waals surface area contributed by atoms with E-state index in [1.807, 2.05) is 60.7 Å². The lowest BCUT2D eigenvalue weighted by atomic mass is 9.84. The molecule has 0 aliphatic carbocycles. The second-order valence-electron chi connectivity index (χ2n) is 7.36. The van der Waals surface area contributed by atoms with Crippen LogP contribution >= 0.6 is 0 Å². The molecule has 1 aliphatic rings. The third kappa shape index (κ3) is 4.02. The van der Waals surface area contributed by atoms with Crippen molar-refractivity contribution in [2.75, 3.05) is 6.54 Å². The number of rotatable bonds is 2. The largest absolute Gasteiger partial charge is 0.443 e. The Bertz CT molecular complexity index is 819. The Labute approximate surface area is 154 Å². The fourth-order valence-electron chi connectivity index (χ4n) is 3.05. The predicted molar refractivity (Wildman–Crippen MR) is 102 cm³/mol. The minimum atomic E-state index is -0.650. The van der Waals surface area contributed by atoms with Gasteiger partial charge in [0, 0.05) is 18.5 Å².